The van der Waals surface area contributed by atoms with Gasteiger partial charge in [0.25, 0.3) is 0 Å². The highest BCUT2D eigenvalue weighted by Crippen LogP contribution is 2.26. The summed E-state index contributed by atoms with van der Waals surface area (Å²) in [5.41, 5.74) is 4.88. The van der Waals surface area contributed by atoms with Crippen molar-refractivity contribution < 1.29 is 4.79 Å². The monoisotopic (exact) mass is 487 g/mol. The Morgan fingerprint density at radius 3 is 2.34 bits per heavy atom. The minimum atomic E-state index is -0.154. The summed E-state index contributed by atoms with van der Waals surface area (Å²) in [5.74, 6) is 0.235. The Hall–Kier alpha value is -3.58. The Kier molecular flexibility index (Phi) is 6.28. The van der Waals surface area contributed by atoms with Crippen LogP contribution in [-0.4, -0.2) is 45.0 Å². The molecule has 0 aliphatic heterocycles. The van der Waals surface area contributed by atoms with E-state index in [1.807, 2.05) is 98.7 Å². The molecule has 7 heteroatoms. The first-order valence-electron chi connectivity index (χ1n) is 10.1. The van der Waals surface area contributed by atoms with E-state index in [1.165, 1.54) is 0 Å². The van der Waals surface area contributed by atoms with Crippen LogP contribution < -0.4 is 0 Å². The lowest BCUT2D eigenvalue weighted by molar-refractivity contribution is 0.105. The maximum atomic E-state index is 13.7. The number of tetrazole rings is 1. The van der Waals surface area contributed by atoms with E-state index in [2.05, 4.69) is 31.5 Å². The molecule has 0 aliphatic rings. The van der Waals surface area contributed by atoms with E-state index in [9.17, 15) is 4.79 Å². The molecule has 0 N–H and O–H groups in total. The molecule has 0 bridgehead atoms. The van der Waals surface area contributed by atoms with Crippen molar-refractivity contribution in [2.24, 2.45) is 0 Å². The van der Waals surface area contributed by atoms with Crippen LogP contribution in [0.4, 0.5) is 0 Å². The average molecular weight is 488 g/mol. The molecule has 0 radical (unpaired) electrons. The van der Waals surface area contributed by atoms with Gasteiger partial charge in [-0.1, -0.05) is 64.0 Å². The topological polar surface area (TPSA) is 63.9 Å². The highest BCUT2D eigenvalue weighted by atomic mass is 79.9. The van der Waals surface area contributed by atoms with E-state index >= 15 is 0 Å². The average Bonchev–Trinajstić information content (AvgIpc) is 3.27. The Labute approximate surface area is 195 Å². The molecule has 32 heavy (non-hydrogen) atoms. The molecule has 0 unspecified atom stereocenters. The highest BCUT2D eigenvalue weighted by Gasteiger charge is 2.22. The second-order valence-electron chi connectivity index (χ2n) is 7.68. The molecule has 0 fully saturated rings. The molecule has 0 aliphatic carbocycles. The first kappa shape index (κ1) is 21.6. The summed E-state index contributed by atoms with van der Waals surface area (Å²) in [6.45, 7) is 2.02. The number of halogens is 1. The lowest BCUT2D eigenvalue weighted by Gasteiger charge is -2.13. The number of carbonyl (C=O) groups is 1. The van der Waals surface area contributed by atoms with E-state index in [1.54, 1.807) is 10.9 Å². The highest BCUT2D eigenvalue weighted by molar-refractivity contribution is 9.10. The Morgan fingerprint density at radius 1 is 0.969 bits per heavy atom. The van der Waals surface area contributed by atoms with Crippen LogP contribution in [0.5, 0.6) is 0 Å². The number of aryl methyl sites for hydroxylation is 1. The molecule has 0 atom stereocenters. The smallest absolute Gasteiger partial charge is 0.198 e. The Morgan fingerprint density at radius 2 is 1.66 bits per heavy atom. The standard InChI is InChI=1S/C25H22BrN5O/c1-17-10-12-22(13-11-17)31-25(27-28-29-31)23(16-30(2)3)24(32)20-8-4-6-18(14-20)19-7-5-9-21(26)15-19/h4-16H,1-3H3. The number of benzene rings is 3. The zero-order chi connectivity index (χ0) is 22.7. The fourth-order valence-electron chi connectivity index (χ4n) is 3.35. The number of allylic oxidation sites excluding steroid dienone is 1. The molecule has 160 valence electrons. The van der Waals surface area contributed by atoms with Gasteiger partial charge in [-0.2, -0.15) is 4.68 Å². The minimum absolute atomic E-state index is 0.154. The van der Waals surface area contributed by atoms with Crippen molar-refractivity contribution in [2.45, 2.75) is 6.92 Å². The van der Waals surface area contributed by atoms with Crippen molar-refractivity contribution in [3.05, 3.63) is 100 Å². The molecule has 4 aromatic rings. The van der Waals surface area contributed by atoms with Crippen molar-refractivity contribution in [2.75, 3.05) is 14.1 Å². The maximum absolute atomic E-state index is 13.7. The van der Waals surface area contributed by atoms with Crippen LogP contribution in [-0.2, 0) is 0 Å². The van der Waals surface area contributed by atoms with Crippen molar-refractivity contribution >= 4 is 27.3 Å². The van der Waals surface area contributed by atoms with Gasteiger partial charge < -0.3 is 4.90 Å². The third kappa shape index (κ3) is 4.68. The van der Waals surface area contributed by atoms with Gasteiger partial charge in [-0.25, -0.2) is 0 Å². The molecule has 1 aromatic heterocycles. The van der Waals surface area contributed by atoms with Gasteiger partial charge in [0, 0.05) is 30.3 Å². The Balaban J connectivity index is 1.77. The van der Waals surface area contributed by atoms with E-state index in [0.29, 0.717) is 17.0 Å². The van der Waals surface area contributed by atoms with Gasteiger partial charge >= 0.3 is 0 Å². The Bertz CT molecular complexity index is 1290. The predicted octanol–water partition coefficient (Wildman–Crippen LogP) is 5.19. The van der Waals surface area contributed by atoms with Crippen LogP contribution in [0.25, 0.3) is 22.4 Å². The fraction of sp³-hybridized carbons (Fsp3) is 0.120. The molecule has 0 saturated carbocycles. The molecule has 3 aromatic carbocycles. The normalized spacial score (nSPS) is 11.4. The van der Waals surface area contributed by atoms with Crippen LogP contribution in [0.15, 0.2) is 83.5 Å². The summed E-state index contributed by atoms with van der Waals surface area (Å²) in [6, 6.07) is 23.4. The van der Waals surface area contributed by atoms with Crippen molar-refractivity contribution in [1.29, 1.82) is 0 Å². The molecular weight excluding hydrogens is 466 g/mol. The first-order valence-corrected chi connectivity index (χ1v) is 10.9. The van der Waals surface area contributed by atoms with Gasteiger partial charge in [-0.05, 0) is 58.8 Å². The van der Waals surface area contributed by atoms with Crippen LogP contribution in [0.3, 0.4) is 0 Å². The lowest BCUT2D eigenvalue weighted by Crippen LogP contribution is -2.13. The van der Waals surface area contributed by atoms with Crippen LogP contribution >= 0.6 is 15.9 Å². The third-order valence-corrected chi connectivity index (χ3v) is 5.40. The SMILES string of the molecule is Cc1ccc(-n2nnnc2C(=CN(C)C)C(=O)c2cccc(-c3cccc(Br)c3)c2)cc1. The predicted molar refractivity (Wildman–Crippen MR) is 129 cm³/mol. The number of nitrogens with zero attached hydrogens (tertiary/aromatic N) is 5. The number of aromatic nitrogens is 4. The molecule has 0 spiro atoms. The van der Waals surface area contributed by atoms with Gasteiger partial charge in [-0.3, -0.25) is 4.79 Å². The van der Waals surface area contributed by atoms with Crippen LogP contribution in [0, 0.1) is 6.92 Å². The van der Waals surface area contributed by atoms with E-state index < -0.39 is 0 Å². The molecule has 4 rings (SSSR count). The number of hydrogen-bond acceptors (Lipinski definition) is 5. The number of ketones is 1. The summed E-state index contributed by atoms with van der Waals surface area (Å²) < 4.78 is 2.57. The number of carbonyl (C=O) groups excluding carboxylic acids is 1. The van der Waals surface area contributed by atoms with Crippen LogP contribution in [0.2, 0.25) is 0 Å². The summed E-state index contributed by atoms with van der Waals surface area (Å²) in [6.07, 6.45) is 1.75. The zero-order valence-electron chi connectivity index (χ0n) is 18.0. The van der Waals surface area contributed by atoms with Crippen molar-refractivity contribution in [3.8, 4) is 16.8 Å². The molecular formula is C25H22BrN5O. The van der Waals surface area contributed by atoms with E-state index in [4.69, 9.17) is 0 Å². The lowest BCUT2D eigenvalue weighted by atomic mass is 9.98. The number of rotatable bonds is 6. The van der Waals surface area contributed by atoms with Gasteiger partial charge in [-0.15, -0.1) is 5.10 Å². The van der Waals surface area contributed by atoms with Crippen molar-refractivity contribution in [1.82, 2.24) is 25.1 Å². The molecule has 0 saturated heterocycles. The number of Topliss-reactive ketones (excluding diaryl/α,β-unsaturated/α-hetero) is 1. The van der Waals surface area contributed by atoms with Gasteiger partial charge in [0.1, 0.15) is 0 Å². The third-order valence-electron chi connectivity index (χ3n) is 4.90. The van der Waals surface area contributed by atoms with Gasteiger partial charge in [0.15, 0.2) is 11.6 Å². The van der Waals surface area contributed by atoms with Crippen LogP contribution in [0.1, 0.15) is 21.7 Å². The van der Waals surface area contributed by atoms with Gasteiger partial charge in [0.05, 0.1) is 11.3 Å². The van der Waals surface area contributed by atoms with E-state index in [0.717, 1.165) is 26.9 Å². The summed E-state index contributed by atoms with van der Waals surface area (Å²) in [4.78, 5) is 15.5. The summed E-state index contributed by atoms with van der Waals surface area (Å²) in [5, 5.41) is 12.2. The second kappa shape index (κ2) is 9.28. The second-order valence-corrected chi connectivity index (χ2v) is 8.59. The quantitative estimate of drug-likeness (QED) is 0.276. The fourth-order valence-corrected chi connectivity index (χ4v) is 3.75. The first-order chi connectivity index (χ1) is 15.4. The van der Waals surface area contributed by atoms with Gasteiger partial charge in [0.2, 0.25) is 0 Å². The largest absolute Gasteiger partial charge is 0.383 e. The summed E-state index contributed by atoms with van der Waals surface area (Å²) in [7, 11) is 3.73. The minimum Gasteiger partial charge on any atom is -0.383 e. The molecule has 1 heterocycles. The maximum Gasteiger partial charge on any atom is 0.198 e. The van der Waals surface area contributed by atoms with Crippen molar-refractivity contribution in [3.63, 3.8) is 0 Å². The zero-order valence-corrected chi connectivity index (χ0v) is 19.6. The summed E-state index contributed by atoms with van der Waals surface area (Å²) >= 11 is 3.51. The van der Waals surface area contributed by atoms with E-state index in [-0.39, 0.29) is 5.78 Å². The molecule has 6 nitrogen and oxygen atoms in total. The molecule has 0 amide bonds. The number of hydrogen-bond donors (Lipinski definition) is 0.